The molecule has 8 heteroatoms. The molecule has 0 radical (unpaired) electrons. The van der Waals surface area contributed by atoms with Crippen molar-refractivity contribution in [3.8, 4) is 17.2 Å². The average molecular weight is 433 g/mol. The van der Waals surface area contributed by atoms with E-state index in [4.69, 9.17) is 14.2 Å². The number of carbonyl (C=O) groups excluding carboxylic acids is 1. The number of benzene rings is 3. The Morgan fingerprint density at radius 1 is 0.844 bits per heavy atom. The number of imidazole rings is 1. The zero-order chi connectivity index (χ0) is 22.3. The van der Waals surface area contributed by atoms with Gasteiger partial charge in [0.05, 0.1) is 17.6 Å². The van der Waals surface area contributed by atoms with Crippen molar-refractivity contribution in [3.63, 3.8) is 0 Å². The lowest BCUT2D eigenvalue weighted by atomic mass is 10.1. The molecule has 0 aliphatic heterocycles. The van der Waals surface area contributed by atoms with Crippen LogP contribution in [0.1, 0.15) is 17.3 Å². The quantitative estimate of drug-likeness (QED) is 0.347. The smallest absolute Gasteiger partial charge is 0.323 e. The number of hydrogen-bond acceptors (Lipinski definition) is 5. The maximum absolute atomic E-state index is 12.7. The summed E-state index contributed by atoms with van der Waals surface area (Å²) in [6.45, 7) is 3.00. The summed E-state index contributed by atoms with van der Waals surface area (Å²) in [5, 5.41) is 2.83. The van der Waals surface area contributed by atoms with Crippen LogP contribution in [0.2, 0.25) is 0 Å². The van der Waals surface area contributed by atoms with Crippen LogP contribution in [0.25, 0.3) is 11.0 Å². The topological polar surface area (TPSA) is 105 Å². The van der Waals surface area contributed by atoms with E-state index >= 15 is 0 Å². The first-order chi connectivity index (χ1) is 15.6. The van der Waals surface area contributed by atoms with Crippen LogP contribution in [-0.2, 0) is 0 Å². The van der Waals surface area contributed by atoms with Crippen molar-refractivity contribution in [1.82, 2.24) is 9.97 Å². The van der Waals surface area contributed by atoms with Crippen molar-refractivity contribution in [2.45, 2.75) is 6.92 Å². The Kier molecular flexibility index (Phi) is 6.41. The van der Waals surface area contributed by atoms with Crippen molar-refractivity contribution in [2.75, 3.05) is 25.1 Å². The van der Waals surface area contributed by atoms with E-state index in [9.17, 15) is 9.59 Å². The van der Waals surface area contributed by atoms with E-state index in [1.54, 1.807) is 36.4 Å². The van der Waals surface area contributed by atoms with Crippen LogP contribution in [0.3, 0.4) is 0 Å². The van der Waals surface area contributed by atoms with Gasteiger partial charge in [0.2, 0.25) is 0 Å². The number of fused-ring (bicyclic) bond motifs is 1. The molecule has 0 atom stereocenters. The average Bonchev–Trinajstić information content (AvgIpc) is 3.17. The first-order valence-electron chi connectivity index (χ1n) is 10.2. The molecule has 4 aromatic rings. The highest BCUT2D eigenvalue weighted by Gasteiger charge is 2.13. The molecule has 0 aliphatic rings. The van der Waals surface area contributed by atoms with Gasteiger partial charge in [0.15, 0.2) is 11.5 Å². The van der Waals surface area contributed by atoms with Gasteiger partial charge in [-0.25, -0.2) is 4.79 Å². The fourth-order valence-electron chi connectivity index (χ4n) is 3.18. The standard InChI is InChI=1S/C24H23N3O5/c1-2-30-22-14-16(8-11-21(22)32-13-12-31-18-6-4-3-5-7-18)23(28)25-17-9-10-19-20(15-17)27-24(29)26-19/h3-11,14-15H,2,12-13H2,1H3,(H,25,28)(H2,26,27,29). The summed E-state index contributed by atoms with van der Waals surface area (Å²) >= 11 is 0. The molecule has 1 aromatic heterocycles. The Labute approximate surface area is 184 Å². The molecule has 0 saturated heterocycles. The second-order valence-corrected chi connectivity index (χ2v) is 6.90. The van der Waals surface area contributed by atoms with E-state index in [1.165, 1.54) is 0 Å². The third-order valence-electron chi connectivity index (χ3n) is 4.63. The SMILES string of the molecule is CCOc1cc(C(=O)Nc2ccc3[nH]c(=O)[nH]c3c2)ccc1OCCOc1ccccc1. The zero-order valence-corrected chi connectivity index (χ0v) is 17.5. The lowest BCUT2D eigenvalue weighted by molar-refractivity contribution is 0.102. The second kappa shape index (κ2) is 9.74. The van der Waals surface area contributed by atoms with Crippen LogP contribution in [0, 0.1) is 0 Å². The number of rotatable bonds is 9. The van der Waals surface area contributed by atoms with Gasteiger partial charge in [0.1, 0.15) is 19.0 Å². The molecule has 1 amide bonds. The second-order valence-electron chi connectivity index (χ2n) is 6.90. The Morgan fingerprint density at radius 2 is 1.62 bits per heavy atom. The van der Waals surface area contributed by atoms with Gasteiger partial charge in [-0.1, -0.05) is 18.2 Å². The van der Waals surface area contributed by atoms with E-state index < -0.39 is 0 Å². The minimum Gasteiger partial charge on any atom is -0.490 e. The maximum Gasteiger partial charge on any atom is 0.323 e. The lowest BCUT2D eigenvalue weighted by Gasteiger charge is -2.14. The lowest BCUT2D eigenvalue weighted by Crippen LogP contribution is -2.13. The van der Waals surface area contributed by atoms with Crippen LogP contribution >= 0.6 is 0 Å². The molecule has 0 saturated carbocycles. The molecule has 0 fully saturated rings. The van der Waals surface area contributed by atoms with Crippen molar-refractivity contribution in [3.05, 3.63) is 82.8 Å². The van der Waals surface area contributed by atoms with Crippen molar-refractivity contribution in [2.24, 2.45) is 0 Å². The number of carbonyl (C=O) groups is 1. The van der Waals surface area contributed by atoms with Gasteiger partial charge in [0.25, 0.3) is 5.91 Å². The number of aromatic amines is 2. The molecule has 164 valence electrons. The summed E-state index contributed by atoms with van der Waals surface area (Å²) in [6.07, 6.45) is 0. The number of ether oxygens (including phenoxy) is 3. The van der Waals surface area contributed by atoms with E-state index in [1.807, 2.05) is 37.3 Å². The van der Waals surface area contributed by atoms with Crippen LogP contribution < -0.4 is 25.2 Å². The summed E-state index contributed by atoms with van der Waals surface area (Å²) < 4.78 is 17.1. The van der Waals surface area contributed by atoms with Crippen LogP contribution in [0.15, 0.2) is 71.5 Å². The number of nitrogens with one attached hydrogen (secondary N) is 3. The molecule has 1 heterocycles. The molecule has 0 unspecified atom stereocenters. The number of amides is 1. The summed E-state index contributed by atoms with van der Waals surface area (Å²) in [7, 11) is 0. The Hall–Kier alpha value is -4.20. The first kappa shape index (κ1) is 21.0. The molecule has 8 nitrogen and oxygen atoms in total. The fraction of sp³-hybridized carbons (Fsp3) is 0.167. The highest BCUT2D eigenvalue weighted by molar-refractivity contribution is 6.05. The van der Waals surface area contributed by atoms with E-state index in [-0.39, 0.29) is 11.6 Å². The molecule has 0 bridgehead atoms. The van der Waals surface area contributed by atoms with Gasteiger partial charge in [-0.2, -0.15) is 0 Å². The van der Waals surface area contributed by atoms with E-state index in [0.717, 1.165) is 5.75 Å². The van der Waals surface area contributed by atoms with Gasteiger partial charge >= 0.3 is 5.69 Å². The van der Waals surface area contributed by atoms with Crippen LogP contribution in [0.5, 0.6) is 17.2 Å². The van der Waals surface area contributed by atoms with Gasteiger partial charge in [-0.05, 0) is 55.5 Å². The van der Waals surface area contributed by atoms with Gasteiger partial charge < -0.3 is 29.5 Å². The van der Waals surface area contributed by atoms with Crippen LogP contribution in [-0.4, -0.2) is 35.7 Å². The van der Waals surface area contributed by atoms with E-state index in [2.05, 4.69) is 15.3 Å². The molecular formula is C24H23N3O5. The molecule has 0 spiro atoms. The Balaban J connectivity index is 1.41. The third kappa shape index (κ3) is 5.10. The minimum atomic E-state index is -0.304. The monoisotopic (exact) mass is 433 g/mol. The van der Waals surface area contributed by atoms with Crippen molar-refractivity contribution in [1.29, 1.82) is 0 Å². The summed E-state index contributed by atoms with van der Waals surface area (Å²) in [5.41, 5.74) is 1.97. The number of hydrogen-bond donors (Lipinski definition) is 3. The normalized spacial score (nSPS) is 10.7. The predicted octanol–water partition coefficient (Wildman–Crippen LogP) is 3.97. The highest BCUT2D eigenvalue weighted by Crippen LogP contribution is 2.29. The van der Waals surface area contributed by atoms with Crippen molar-refractivity contribution >= 4 is 22.6 Å². The Morgan fingerprint density at radius 3 is 2.44 bits per heavy atom. The number of H-pyrrole nitrogens is 2. The number of para-hydroxylation sites is 1. The zero-order valence-electron chi connectivity index (χ0n) is 17.5. The van der Waals surface area contributed by atoms with Gasteiger partial charge in [0, 0.05) is 11.3 Å². The third-order valence-corrected chi connectivity index (χ3v) is 4.63. The van der Waals surface area contributed by atoms with E-state index in [0.29, 0.717) is 53.6 Å². The molecule has 32 heavy (non-hydrogen) atoms. The maximum atomic E-state index is 12.7. The largest absolute Gasteiger partial charge is 0.490 e. The molecule has 3 aromatic carbocycles. The van der Waals surface area contributed by atoms with Crippen molar-refractivity contribution < 1.29 is 19.0 Å². The first-order valence-corrected chi connectivity index (χ1v) is 10.2. The number of anilines is 1. The molecule has 0 aliphatic carbocycles. The highest BCUT2D eigenvalue weighted by atomic mass is 16.5. The molecular weight excluding hydrogens is 410 g/mol. The van der Waals surface area contributed by atoms with Gasteiger partial charge in [-0.3, -0.25) is 4.79 Å². The predicted molar refractivity (Wildman–Crippen MR) is 122 cm³/mol. The summed E-state index contributed by atoms with van der Waals surface area (Å²) in [6, 6.07) is 19.6. The van der Waals surface area contributed by atoms with Crippen LogP contribution in [0.4, 0.5) is 5.69 Å². The Bertz CT molecular complexity index is 1260. The summed E-state index contributed by atoms with van der Waals surface area (Å²) in [5.74, 6) is 1.48. The van der Waals surface area contributed by atoms with Gasteiger partial charge in [-0.15, -0.1) is 0 Å². The fourth-order valence-corrected chi connectivity index (χ4v) is 3.18. The molecule has 3 N–H and O–H groups in total. The molecule has 4 rings (SSSR count). The minimum absolute atomic E-state index is 0.297. The summed E-state index contributed by atoms with van der Waals surface area (Å²) in [4.78, 5) is 29.5. The number of aromatic nitrogens is 2.